The van der Waals surface area contributed by atoms with Gasteiger partial charge in [0, 0.05) is 6.42 Å². The van der Waals surface area contributed by atoms with E-state index in [1.165, 1.54) is 11.1 Å². The smallest absolute Gasteiger partial charge is 0.146 e. The van der Waals surface area contributed by atoms with E-state index in [-0.39, 0.29) is 17.7 Å². The summed E-state index contributed by atoms with van der Waals surface area (Å²) in [4.78, 5) is 11.1. The molecule has 0 aromatic heterocycles. The zero-order valence-electron chi connectivity index (χ0n) is 10.4. The molecule has 0 radical (unpaired) electrons. The Morgan fingerprint density at radius 1 is 1.19 bits per heavy atom. The predicted octanol–water partition coefficient (Wildman–Crippen LogP) is 2.44. The Kier molecular flexibility index (Phi) is 4.25. The Morgan fingerprint density at radius 2 is 1.75 bits per heavy atom. The zero-order valence-corrected chi connectivity index (χ0v) is 10.4. The lowest BCUT2D eigenvalue weighted by Gasteiger charge is -2.19. The van der Waals surface area contributed by atoms with Crippen LogP contribution in [0.25, 0.3) is 0 Å². The maximum Gasteiger partial charge on any atom is 0.146 e. The van der Waals surface area contributed by atoms with Crippen LogP contribution in [0.1, 0.15) is 38.3 Å². The van der Waals surface area contributed by atoms with Crippen LogP contribution in [0, 0.1) is 0 Å². The van der Waals surface area contributed by atoms with E-state index in [2.05, 4.69) is 45.0 Å². The van der Waals surface area contributed by atoms with E-state index in [0.717, 1.165) is 6.42 Å². The van der Waals surface area contributed by atoms with Crippen molar-refractivity contribution in [1.29, 1.82) is 0 Å². The highest BCUT2D eigenvalue weighted by molar-refractivity contribution is 5.80. The lowest BCUT2D eigenvalue weighted by atomic mass is 9.86. The summed E-state index contributed by atoms with van der Waals surface area (Å²) in [6.45, 7) is 6.74. The summed E-state index contributed by atoms with van der Waals surface area (Å²) in [7, 11) is 0. The van der Waals surface area contributed by atoms with Crippen molar-refractivity contribution in [3.05, 3.63) is 35.4 Å². The molecule has 0 saturated carbocycles. The van der Waals surface area contributed by atoms with Crippen molar-refractivity contribution < 1.29 is 4.79 Å². The zero-order chi connectivity index (χ0) is 12.2. The summed E-state index contributed by atoms with van der Waals surface area (Å²) < 4.78 is 0. The first-order valence-corrected chi connectivity index (χ1v) is 5.74. The highest BCUT2D eigenvalue weighted by Gasteiger charge is 2.12. The van der Waals surface area contributed by atoms with Gasteiger partial charge in [-0.1, -0.05) is 45.0 Å². The van der Waals surface area contributed by atoms with Gasteiger partial charge in [-0.3, -0.25) is 4.79 Å². The van der Waals surface area contributed by atoms with Crippen molar-refractivity contribution in [1.82, 2.24) is 0 Å². The van der Waals surface area contributed by atoms with Crippen LogP contribution in [0.15, 0.2) is 24.3 Å². The molecule has 0 atom stereocenters. The number of hydrogen-bond donors (Lipinski definition) is 1. The fourth-order valence-corrected chi connectivity index (χ4v) is 1.56. The molecule has 1 aromatic carbocycles. The highest BCUT2D eigenvalue weighted by atomic mass is 16.1. The number of benzene rings is 1. The summed E-state index contributed by atoms with van der Waals surface area (Å²) >= 11 is 0. The van der Waals surface area contributed by atoms with Crippen molar-refractivity contribution in [3.63, 3.8) is 0 Å². The van der Waals surface area contributed by atoms with E-state index in [9.17, 15) is 4.79 Å². The van der Waals surface area contributed by atoms with Gasteiger partial charge in [0.05, 0.1) is 6.54 Å². The SMILES string of the molecule is CC(C)(C)c1ccc(CCC(=O)CN)cc1. The minimum absolute atomic E-state index is 0.125. The van der Waals surface area contributed by atoms with E-state index in [0.29, 0.717) is 6.42 Å². The van der Waals surface area contributed by atoms with Gasteiger partial charge in [0.15, 0.2) is 0 Å². The number of aryl methyl sites for hydroxylation is 1. The van der Waals surface area contributed by atoms with Crippen molar-refractivity contribution in [2.45, 2.75) is 39.0 Å². The first-order valence-electron chi connectivity index (χ1n) is 5.74. The van der Waals surface area contributed by atoms with E-state index < -0.39 is 0 Å². The van der Waals surface area contributed by atoms with Crippen LogP contribution in [0.2, 0.25) is 0 Å². The number of rotatable bonds is 4. The molecule has 1 rings (SSSR count). The number of nitrogens with two attached hydrogens (primary N) is 1. The molecule has 0 unspecified atom stereocenters. The third-order valence-corrected chi connectivity index (χ3v) is 2.74. The highest BCUT2D eigenvalue weighted by Crippen LogP contribution is 2.22. The van der Waals surface area contributed by atoms with E-state index in [1.807, 2.05) is 0 Å². The Balaban J connectivity index is 2.62. The topological polar surface area (TPSA) is 43.1 Å². The molecule has 2 N–H and O–H groups in total. The monoisotopic (exact) mass is 219 g/mol. The molecule has 88 valence electrons. The molecular weight excluding hydrogens is 198 g/mol. The van der Waals surface area contributed by atoms with Gasteiger partial charge in [0.2, 0.25) is 0 Å². The standard InChI is InChI=1S/C14H21NO/c1-14(2,3)12-7-4-11(5-8-12)6-9-13(16)10-15/h4-5,7-8H,6,9-10,15H2,1-3H3. The first kappa shape index (κ1) is 12.9. The van der Waals surface area contributed by atoms with Crippen molar-refractivity contribution in [2.24, 2.45) is 5.73 Å². The fourth-order valence-electron chi connectivity index (χ4n) is 1.56. The number of carbonyl (C=O) groups excluding carboxylic acids is 1. The molecule has 0 spiro atoms. The van der Waals surface area contributed by atoms with Crippen LogP contribution < -0.4 is 5.73 Å². The van der Waals surface area contributed by atoms with Gasteiger partial charge < -0.3 is 5.73 Å². The Bertz CT molecular complexity index is 346. The van der Waals surface area contributed by atoms with Crippen LogP contribution in [0.3, 0.4) is 0 Å². The third-order valence-electron chi connectivity index (χ3n) is 2.74. The van der Waals surface area contributed by atoms with E-state index >= 15 is 0 Å². The van der Waals surface area contributed by atoms with Crippen molar-refractivity contribution in [2.75, 3.05) is 6.54 Å². The molecular formula is C14H21NO. The predicted molar refractivity (Wildman–Crippen MR) is 67.5 cm³/mol. The fraction of sp³-hybridized carbons (Fsp3) is 0.500. The quantitative estimate of drug-likeness (QED) is 0.845. The second kappa shape index (κ2) is 5.26. The van der Waals surface area contributed by atoms with E-state index in [4.69, 9.17) is 5.73 Å². The van der Waals surface area contributed by atoms with Crippen molar-refractivity contribution in [3.8, 4) is 0 Å². The lowest BCUT2D eigenvalue weighted by Crippen LogP contribution is -2.14. The summed E-state index contributed by atoms with van der Waals surface area (Å²) in [6, 6.07) is 8.49. The molecule has 16 heavy (non-hydrogen) atoms. The number of ketones is 1. The molecule has 1 aromatic rings. The number of carbonyl (C=O) groups is 1. The minimum Gasteiger partial charge on any atom is -0.324 e. The minimum atomic E-state index is 0.125. The summed E-state index contributed by atoms with van der Waals surface area (Å²) in [6.07, 6.45) is 1.34. The second-order valence-electron chi connectivity index (χ2n) is 5.19. The molecule has 0 aliphatic carbocycles. The maximum absolute atomic E-state index is 11.1. The van der Waals surface area contributed by atoms with Crippen LogP contribution in [0.5, 0.6) is 0 Å². The molecule has 0 amide bonds. The van der Waals surface area contributed by atoms with Gasteiger partial charge >= 0.3 is 0 Å². The van der Waals surface area contributed by atoms with E-state index in [1.54, 1.807) is 0 Å². The third kappa shape index (κ3) is 3.78. The molecule has 0 saturated heterocycles. The van der Waals surface area contributed by atoms with Gasteiger partial charge in [0.25, 0.3) is 0 Å². The molecule has 0 fully saturated rings. The second-order valence-corrected chi connectivity index (χ2v) is 5.19. The molecule has 0 aliphatic heterocycles. The molecule has 0 aliphatic rings. The van der Waals surface area contributed by atoms with Gasteiger partial charge in [-0.05, 0) is 23.0 Å². The summed E-state index contributed by atoms with van der Waals surface area (Å²) in [5, 5.41) is 0. The lowest BCUT2D eigenvalue weighted by molar-refractivity contribution is -0.117. The van der Waals surface area contributed by atoms with Gasteiger partial charge in [0.1, 0.15) is 5.78 Å². The molecule has 0 bridgehead atoms. The molecule has 2 heteroatoms. The normalized spacial score (nSPS) is 11.5. The maximum atomic E-state index is 11.1. The molecule has 2 nitrogen and oxygen atoms in total. The Morgan fingerprint density at radius 3 is 2.19 bits per heavy atom. The number of Topliss-reactive ketones (excluding diaryl/α,β-unsaturated/α-hetero) is 1. The average molecular weight is 219 g/mol. The van der Waals surface area contributed by atoms with Gasteiger partial charge in [-0.2, -0.15) is 0 Å². The van der Waals surface area contributed by atoms with Gasteiger partial charge in [-0.25, -0.2) is 0 Å². The largest absolute Gasteiger partial charge is 0.324 e. The Labute approximate surface area is 97.9 Å². The van der Waals surface area contributed by atoms with Crippen LogP contribution >= 0.6 is 0 Å². The number of hydrogen-bond acceptors (Lipinski definition) is 2. The van der Waals surface area contributed by atoms with Gasteiger partial charge in [-0.15, -0.1) is 0 Å². The van der Waals surface area contributed by atoms with Crippen LogP contribution in [-0.2, 0) is 16.6 Å². The summed E-state index contributed by atoms with van der Waals surface area (Å²) in [5.74, 6) is 0.125. The van der Waals surface area contributed by atoms with Crippen molar-refractivity contribution >= 4 is 5.78 Å². The Hall–Kier alpha value is -1.15. The average Bonchev–Trinajstić information content (AvgIpc) is 2.25. The summed E-state index contributed by atoms with van der Waals surface area (Å²) in [5.41, 5.74) is 7.98. The molecule has 0 heterocycles. The first-order chi connectivity index (χ1) is 7.43. The van der Waals surface area contributed by atoms with Crippen LogP contribution in [0.4, 0.5) is 0 Å². The van der Waals surface area contributed by atoms with Crippen LogP contribution in [-0.4, -0.2) is 12.3 Å².